The lowest BCUT2D eigenvalue weighted by Gasteiger charge is -2.20. The highest BCUT2D eigenvalue weighted by Crippen LogP contribution is 2.19. The van der Waals surface area contributed by atoms with Crippen LogP contribution >= 0.6 is 0 Å². The Bertz CT molecular complexity index is 294. The first kappa shape index (κ1) is 13.7. The van der Waals surface area contributed by atoms with E-state index in [9.17, 15) is 14.7 Å². The van der Waals surface area contributed by atoms with Crippen LogP contribution in [0.3, 0.4) is 0 Å². The minimum atomic E-state index is -1.28. The van der Waals surface area contributed by atoms with Crippen molar-refractivity contribution in [1.29, 1.82) is 0 Å². The third-order valence-electron chi connectivity index (χ3n) is 2.97. The maximum Gasteiger partial charge on any atom is 0.328 e. The molecule has 1 heterocycles. The van der Waals surface area contributed by atoms with Gasteiger partial charge in [-0.25, -0.2) is 9.59 Å². The number of hydrogen-bond acceptors (Lipinski definition) is 4. The largest absolute Gasteiger partial charge is 0.480 e. The zero-order chi connectivity index (χ0) is 13.0. The van der Waals surface area contributed by atoms with Crippen LogP contribution < -0.4 is 5.32 Å². The summed E-state index contributed by atoms with van der Waals surface area (Å²) in [6, 6.07) is -1.80. The van der Waals surface area contributed by atoms with Crippen LogP contribution in [0, 0.1) is 5.92 Å². The zero-order valence-electron chi connectivity index (χ0n) is 9.67. The fraction of sp³-hybridized carbons (Fsp3) is 0.800. The molecule has 0 aromatic heterocycles. The third-order valence-corrected chi connectivity index (χ3v) is 2.97. The normalized spacial score (nSPS) is 23.2. The molecule has 0 aromatic rings. The monoisotopic (exact) mass is 246 g/mol. The van der Waals surface area contributed by atoms with Gasteiger partial charge in [0.1, 0.15) is 0 Å². The lowest BCUT2D eigenvalue weighted by Crippen LogP contribution is -2.49. The Morgan fingerprint density at radius 3 is 2.59 bits per heavy atom. The van der Waals surface area contributed by atoms with Crippen molar-refractivity contribution in [2.45, 2.75) is 25.5 Å². The zero-order valence-corrected chi connectivity index (χ0v) is 9.67. The first-order valence-corrected chi connectivity index (χ1v) is 5.53. The molecule has 4 N–H and O–H groups in total. The van der Waals surface area contributed by atoms with E-state index in [2.05, 4.69) is 5.32 Å². The van der Waals surface area contributed by atoms with Gasteiger partial charge in [0, 0.05) is 19.0 Å². The van der Waals surface area contributed by atoms with Crippen molar-refractivity contribution in [1.82, 2.24) is 10.2 Å². The van der Waals surface area contributed by atoms with Gasteiger partial charge in [0.15, 0.2) is 6.04 Å². The molecule has 17 heavy (non-hydrogen) atoms. The maximum atomic E-state index is 11.6. The Balaban J connectivity index is 2.47. The van der Waals surface area contributed by atoms with Gasteiger partial charge in [-0.05, 0) is 13.3 Å². The minimum Gasteiger partial charge on any atom is -0.480 e. The lowest BCUT2D eigenvalue weighted by atomic mass is 10.0. The van der Waals surface area contributed by atoms with E-state index in [1.54, 1.807) is 6.92 Å². The molecular formula is C10H18N2O5. The van der Waals surface area contributed by atoms with Gasteiger partial charge in [0.2, 0.25) is 0 Å². The highest BCUT2D eigenvalue weighted by atomic mass is 16.4. The molecule has 7 nitrogen and oxygen atoms in total. The van der Waals surface area contributed by atoms with E-state index in [-0.39, 0.29) is 5.92 Å². The van der Waals surface area contributed by atoms with Crippen molar-refractivity contribution in [2.24, 2.45) is 5.92 Å². The molecule has 0 radical (unpaired) electrons. The SMILES string of the molecule is CC(O)C1CCN(C(=O)NC(CO)C(=O)O)C1. The summed E-state index contributed by atoms with van der Waals surface area (Å²) in [7, 11) is 0. The van der Waals surface area contributed by atoms with Gasteiger partial charge in [-0.3, -0.25) is 0 Å². The molecule has 2 amide bonds. The number of nitrogens with zero attached hydrogens (tertiary/aromatic N) is 1. The summed E-state index contributed by atoms with van der Waals surface area (Å²) < 4.78 is 0. The molecule has 1 saturated heterocycles. The molecule has 0 aliphatic carbocycles. The molecule has 0 saturated carbocycles. The molecule has 1 aliphatic heterocycles. The predicted molar refractivity (Wildman–Crippen MR) is 58.4 cm³/mol. The highest BCUT2D eigenvalue weighted by molar-refractivity contribution is 5.82. The second kappa shape index (κ2) is 5.83. The van der Waals surface area contributed by atoms with Gasteiger partial charge in [-0.15, -0.1) is 0 Å². The fourth-order valence-electron chi connectivity index (χ4n) is 1.79. The van der Waals surface area contributed by atoms with E-state index < -0.39 is 30.8 Å². The van der Waals surface area contributed by atoms with Crippen LogP contribution in [0.25, 0.3) is 0 Å². The van der Waals surface area contributed by atoms with E-state index >= 15 is 0 Å². The summed E-state index contributed by atoms with van der Waals surface area (Å²) in [5, 5.41) is 29.0. The summed E-state index contributed by atoms with van der Waals surface area (Å²) in [4.78, 5) is 23.7. The Hall–Kier alpha value is -1.34. The molecule has 98 valence electrons. The number of carbonyl (C=O) groups is 2. The summed E-state index contributed by atoms with van der Waals surface area (Å²) in [6.45, 7) is 1.91. The van der Waals surface area contributed by atoms with Crippen molar-refractivity contribution < 1.29 is 24.9 Å². The summed E-state index contributed by atoms with van der Waals surface area (Å²) in [5.74, 6) is -1.25. The number of aliphatic hydroxyl groups is 2. The summed E-state index contributed by atoms with van der Waals surface area (Å²) in [6.07, 6.45) is 0.211. The van der Waals surface area contributed by atoms with Crippen LogP contribution in [-0.4, -0.2) is 64.1 Å². The van der Waals surface area contributed by atoms with Crippen LogP contribution in [0.1, 0.15) is 13.3 Å². The number of nitrogens with one attached hydrogen (secondary N) is 1. The lowest BCUT2D eigenvalue weighted by molar-refractivity contribution is -0.140. The van der Waals surface area contributed by atoms with Crippen LogP contribution in [0.5, 0.6) is 0 Å². The van der Waals surface area contributed by atoms with Crippen molar-refractivity contribution in [3.05, 3.63) is 0 Å². The van der Waals surface area contributed by atoms with Crippen LogP contribution in [0.4, 0.5) is 4.79 Å². The molecule has 0 aromatic carbocycles. The quantitative estimate of drug-likeness (QED) is 0.500. The molecule has 3 unspecified atom stereocenters. The smallest absolute Gasteiger partial charge is 0.328 e. The summed E-state index contributed by atoms with van der Waals surface area (Å²) >= 11 is 0. The van der Waals surface area contributed by atoms with E-state index in [0.717, 1.165) is 0 Å². The topological polar surface area (TPSA) is 110 Å². The predicted octanol–water partition coefficient (Wildman–Crippen LogP) is -1.16. The van der Waals surface area contributed by atoms with Gasteiger partial charge in [0.25, 0.3) is 0 Å². The highest BCUT2D eigenvalue weighted by Gasteiger charge is 2.30. The molecule has 3 atom stereocenters. The number of likely N-dealkylation sites (tertiary alicyclic amines) is 1. The van der Waals surface area contributed by atoms with Crippen molar-refractivity contribution >= 4 is 12.0 Å². The van der Waals surface area contributed by atoms with Gasteiger partial charge >= 0.3 is 12.0 Å². The Kier molecular flexibility index (Phi) is 4.71. The molecular weight excluding hydrogens is 228 g/mol. The molecule has 0 bridgehead atoms. The van der Waals surface area contributed by atoms with Gasteiger partial charge < -0.3 is 25.5 Å². The van der Waals surface area contributed by atoms with Crippen molar-refractivity contribution in [2.75, 3.05) is 19.7 Å². The first-order chi connectivity index (χ1) is 7.95. The molecule has 1 aliphatic rings. The number of rotatable bonds is 4. The average molecular weight is 246 g/mol. The van der Waals surface area contributed by atoms with E-state index in [4.69, 9.17) is 10.2 Å². The molecule has 0 spiro atoms. The van der Waals surface area contributed by atoms with Crippen LogP contribution in [0.2, 0.25) is 0 Å². The van der Waals surface area contributed by atoms with Crippen molar-refractivity contribution in [3.8, 4) is 0 Å². The third kappa shape index (κ3) is 3.57. The Morgan fingerprint density at radius 1 is 1.53 bits per heavy atom. The number of carbonyl (C=O) groups excluding carboxylic acids is 1. The number of urea groups is 1. The number of aliphatic carboxylic acids is 1. The molecule has 7 heteroatoms. The number of amides is 2. The fourth-order valence-corrected chi connectivity index (χ4v) is 1.79. The average Bonchev–Trinajstić information content (AvgIpc) is 2.74. The minimum absolute atomic E-state index is 0.0261. The van der Waals surface area contributed by atoms with E-state index in [1.165, 1.54) is 4.90 Å². The van der Waals surface area contributed by atoms with Gasteiger partial charge in [-0.2, -0.15) is 0 Å². The number of carboxylic acid groups (broad SMARTS) is 1. The number of hydrogen-bond donors (Lipinski definition) is 4. The second-order valence-electron chi connectivity index (χ2n) is 4.26. The van der Waals surface area contributed by atoms with E-state index in [1.807, 2.05) is 0 Å². The molecule has 1 fully saturated rings. The second-order valence-corrected chi connectivity index (χ2v) is 4.26. The van der Waals surface area contributed by atoms with Gasteiger partial charge in [0.05, 0.1) is 12.7 Å². The summed E-state index contributed by atoms with van der Waals surface area (Å²) in [5.41, 5.74) is 0. The first-order valence-electron chi connectivity index (χ1n) is 5.53. The van der Waals surface area contributed by atoms with Gasteiger partial charge in [-0.1, -0.05) is 0 Å². The Labute approximate surface area is 99.0 Å². The molecule has 1 rings (SSSR count). The Morgan fingerprint density at radius 2 is 2.18 bits per heavy atom. The number of aliphatic hydroxyl groups excluding tert-OH is 2. The maximum absolute atomic E-state index is 11.6. The number of carboxylic acids is 1. The van der Waals surface area contributed by atoms with Crippen LogP contribution in [0.15, 0.2) is 0 Å². The van der Waals surface area contributed by atoms with Crippen LogP contribution in [-0.2, 0) is 4.79 Å². The standard InChI is InChI=1S/C10H18N2O5/c1-6(14)7-2-3-12(4-7)10(17)11-8(5-13)9(15)16/h6-8,13-14H,2-5H2,1H3,(H,11,17)(H,15,16). The van der Waals surface area contributed by atoms with E-state index in [0.29, 0.717) is 19.5 Å². The van der Waals surface area contributed by atoms with Crippen molar-refractivity contribution in [3.63, 3.8) is 0 Å².